The largest absolute Gasteiger partial charge is 0.462 e. The summed E-state index contributed by atoms with van der Waals surface area (Å²) in [5.74, 6) is -1.05. The summed E-state index contributed by atoms with van der Waals surface area (Å²) in [5.41, 5.74) is 0.714. The Morgan fingerprint density at radius 3 is 2.36 bits per heavy atom. The molecule has 1 fully saturated rings. The van der Waals surface area contributed by atoms with Crippen LogP contribution in [-0.4, -0.2) is 59.0 Å². The second-order valence-electron chi connectivity index (χ2n) is 7.76. The van der Waals surface area contributed by atoms with E-state index < -0.39 is 25.8 Å². The first kappa shape index (κ1) is 25.3. The zero-order chi connectivity index (χ0) is 24.4. The monoisotopic (exact) mass is 514 g/mol. The molecule has 0 unspecified atom stereocenters. The molecule has 33 heavy (non-hydrogen) atoms. The summed E-state index contributed by atoms with van der Waals surface area (Å²) in [6.45, 7) is 4.03. The van der Waals surface area contributed by atoms with Crippen LogP contribution in [0.25, 0.3) is 0 Å². The minimum Gasteiger partial charge on any atom is -0.462 e. The zero-order valence-corrected chi connectivity index (χ0v) is 21.0. The van der Waals surface area contributed by atoms with Crippen molar-refractivity contribution in [2.75, 3.05) is 31.3 Å². The van der Waals surface area contributed by atoms with Gasteiger partial charge in [0, 0.05) is 25.3 Å². The van der Waals surface area contributed by atoms with Gasteiger partial charge in [0.25, 0.3) is 0 Å². The molecule has 2 heterocycles. The Morgan fingerprint density at radius 1 is 1.12 bits per heavy atom. The highest BCUT2D eigenvalue weighted by molar-refractivity contribution is 7.91. The van der Waals surface area contributed by atoms with E-state index in [0.29, 0.717) is 28.3 Å². The van der Waals surface area contributed by atoms with Gasteiger partial charge in [-0.1, -0.05) is 6.07 Å². The van der Waals surface area contributed by atoms with Gasteiger partial charge in [-0.3, -0.25) is 4.79 Å². The van der Waals surface area contributed by atoms with E-state index in [1.54, 1.807) is 19.9 Å². The van der Waals surface area contributed by atoms with Crippen molar-refractivity contribution < 1.29 is 31.2 Å². The lowest BCUT2D eigenvalue weighted by Gasteiger charge is -2.30. The van der Waals surface area contributed by atoms with Gasteiger partial charge in [-0.05, 0) is 56.5 Å². The highest BCUT2D eigenvalue weighted by Gasteiger charge is 2.33. The summed E-state index contributed by atoms with van der Waals surface area (Å²) in [6, 6.07) is 6.98. The number of sulfonamides is 1. The molecule has 0 bridgehead atoms. The van der Waals surface area contributed by atoms with Crippen molar-refractivity contribution in [2.45, 2.75) is 36.5 Å². The van der Waals surface area contributed by atoms with Crippen LogP contribution >= 0.6 is 11.3 Å². The van der Waals surface area contributed by atoms with Gasteiger partial charge < -0.3 is 10.1 Å². The summed E-state index contributed by atoms with van der Waals surface area (Å²) in [4.78, 5) is 25.0. The van der Waals surface area contributed by atoms with Gasteiger partial charge in [-0.2, -0.15) is 4.31 Å². The molecule has 180 valence electrons. The molecule has 1 aromatic carbocycles. The Labute approximate surface area is 197 Å². The molecule has 1 N–H and O–H groups in total. The average Bonchev–Trinajstić information content (AvgIpc) is 3.13. The SMILES string of the molecule is CCOC(=O)c1sc(NC(=O)C2CCN(S(=O)(=O)c3cccc(S(C)(=O)=O)c3)CC2)cc1C. The van der Waals surface area contributed by atoms with E-state index in [1.165, 1.54) is 22.5 Å². The summed E-state index contributed by atoms with van der Waals surface area (Å²) in [7, 11) is -7.42. The van der Waals surface area contributed by atoms with Crippen LogP contribution in [0.15, 0.2) is 40.1 Å². The maximum Gasteiger partial charge on any atom is 0.348 e. The first-order valence-electron chi connectivity index (χ1n) is 10.3. The third-order valence-corrected chi connectivity index (χ3v) is 9.46. The molecule has 12 heteroatoms. The van der Waals surface area contributed by atoms with Crippen molar-refractivity contribution in [1.29, 1.82) is 0 Å². The molecule has 0 atom stereocenters. The maximum atomic E-state index is 13.0. The molecule has 1 aliphatic rings. The molecule has 2 aromatic rings. The van der Waals surface area contributed by atoms with E-state index in [4.69, 9.17) is 4.74 Å². The van der Waals surface area contributed by atoms with E-state index in [0.717, 1.165) is 23.7 Å². The van der Waals surface area contributed by atoms with Gasteiger partial charge in [0.1, 0.15) is 4.88 Å². The van der Waals surface area contributed by atoms with Gasteiger partial charge in [0.15, 0.2) is 9.84 Å². The van der Waals surface area contributed by atoms with Crippen LogP contribution in [-0.2, 0) is 29.4 Å². The van der Waals surface area contributed by atoms with Crippen molar-refractivity contribution in [3.05, 3.63) is 40.8 Å². The fourth-order valence-corrected chi connectivity index (χ4v) is 6.77. The molecule has 0 radical (unpaired) electrons. The average molecular weight is 515 g/mol. The Kier molecular flexibility index (Phi) is 7.62. The smallest absolute Gasteiger partial charge is 0.348 e. The Balaban J connectivity index is 1.64. The normalized spacial score (nSPS) is 15.8. The fourth-order valence-electron chi connectivity index (χ4n) is 3.54. The predicted molar refractivity (Wildman–Crippen MR) is 125 cm³/mol. The number of benzene rings is 1. The second-order valence-corrected chi connectivity index (χ2v) is 12.8. The minimum absolute atomic E-state index is 0.0636. The number of carbonyl (C=O) groups is 2. The molecule has 1 aromatic heterocycles. The fraction of sp³-hybridized carbons (Fsp3) is 0.429. The van der Waals surface area contributed by atoms with Gasteiger partial charge in [0.05, 0.1) is 21.4 Å². The number of nitrogens with one attached hydrogen (secondary N) is 1. The molecule has 3 rings (SSSR count). The number of hydrogen-bond donors (Lipinski definition) is 1. The standard InChI is InChI=1S/C21H26N2O7S3/c1-4-30-21(25)19-14(2)12-18(31-19)22-20(24)15-8-10-23(11-9-15)33(28,29)17-7-5-6-16(13-17)32(3,26)27/h5-7,12-13,15H,4,8-11H2,1-3H3,(H,22,24). The lowest BCUT2D eigenvalue weighted by atomic mass is 9.97. The van der Waals surface area contributed by atoms with Gasteiger partial charge in [-0.25, -0.2) is 21.6 Å². The van der Waals surface area contributed by atoms with Crippen LogP contribution in [0.1, 0.15) is 35.0 Å². The number of aryl methyl sites for hydroxylation is 1. The first-order valence-corrected chi connectivity index (χ1v) is 14.5. The van der Waals surface area contributed by atoms with Crippen molar-refractivity contribution in [1.82, 2.24) is 4.31 Å². The Morgan fingerprint density at radius 2 is 1.76 bits per heavy atom. The maximum absolute atomic E-state index is 13.0. The Hall–Kier alpha value is -2.28. The lowest BCUT2D eigenvalue weighted by molar-refractivity contribution is -0.120. The molecule has 0 saturated carbocycles. The van der Waals surface area contributed by atoms with Crippen LogP contribution < -0.4 is 5.32 Å². The second kappa shape index (κ2) is 9.92. The number of sulfone groups is 1. The van der Waals surface area contributed by atoms with Crippen molar-refractivity contribution in [3.63, 3.8) is 0 Å². The third kappa shape index (κ3) is 5.81. The Bertz CT molecular complexity index is 1260. The quantitative estimate of drug-likeness (QED) is 0.563. The van der Waals surface area contributed by atoms with Crippen molar-refractivity contribution in [2.24, 2.45) is 5.92 Å². The van der Waals surface area contributed by atoms with E-state index in [1.807, 2.05) is 0 Å². The van der Waals surface area contributed by atoms with Crippen LogP contribution in [0.3, 0.4) is 0 Å². The predicted octanol–water partition coefficient (Wildman–Crippen LogP) is 2.68. The number of rotatable bonds is 7. The molecule has 1 aliphatic heterocycles. The number of piperidine rings is 1. The summed E-state index contributed by atoms with van der Waals surface area (Å²) >= 11 is 1.14. The topological polar surface area (TPSA) is 127 Å². The number of hydrogen-bond acceptors (Lipinski definition) is 8. The highest BCUT2D eigenvalue weighted by atomic mass is 32.2. The number of thiophene rings is 1. The third-order valence-electron chi connectivity index (χ3n) is 5.32. The number of nitrogens with zero attached hydrogens (tertiary/aromatic N) is 1. The zero-order valence-electron chi connectivity index (χ0n) is 18.5. The van der Waals surface area contributed by atoms with E-state index in [-0.39, 0.29) is 41.3 Å². The van der Waals surface area contributed by atoms with Crippen LogP contribution in [0.5, 0.6) is 0 Å². The molecule has 0 aliphatic carbocycles. The van der Waals surface area contributed by atoms with Crippen LogP contribution in [0.2, 0.25) is 0 Å². The van der Waals surface area contributed by atoms with E-state index >= 15 is 0 Å². The van der Waals surface area contributed by atoms with Crippen LogP contribution in [0, 0.1) is 12.8 Å². The number of esters is 1. The molecule has 1 amide bonds. The van der Waals surface area contributed by atoms with Gasteiger partial charge >= 0.3 is 5.97 Å². The van der Waals surface area contributed by atoms with Crippen molar-refractivity contribution in [3.8, 4) is 0 Å². The number of amides is 1. The summed E-state index contributed by atoms with van der Waals surface area (Å²) in [5, 5.41) is 3.35. The lowest BCUT2D eigenvalue weighted by Crippen LogP contribution is -2.41. The van der Waals surface area contributed by atoms with E-state index in [9.17, 15) is 26.4 Å². The minimum atomic E-state index is -3.88. The molecule has 0 spiro atoms. The molecular weight excluding hydrogens is 488 g/mol. The van der Waals surface area contributed by atoms with Gasteiger partial charge in [-0.15, -0.1) is 11.3 Å². The number of anilines is 1. The molecule has 1 saturated heterocycles. The molecule has 9 nitrogen and oxygen atoms in total. The van der Waals surface area contributed by atoms with Gasteiger partial charge in [0.2, 0.25) is 15.9 Å². The van der Waals surface area contributed by atoms with Crippen LogP contribution in [0.4, 0.5) is 5.00 Å². The van der Waals surface area contributed by atoms with Crippen molar-refractivity contribution >= 4 is 48.1 Å². The molecular formula is C21H26N2O7S3. The number of carbonyl (C=O) groups excluding carboxylic acids is 2. The highest BCUT2D eigenvalue weighted by Crippen LogP contribution is 2.30. The summed E-state index contributed by atoms with van der Waals surface area (Å²) in [6.07, 6.45) is 1.67. The number of ether oxygens (including phenoxy) is 1. The first-order chi connectivity index (χ1) is 15.4. The van der Waals surface area contributed by atoms with E-state index in [2.05, 4.69) is 5.32 Å². The summed E-state index contributed by atoms with van der Waals surface area (Å²) < 4.78 is 55.8.